The Bertz CT molecular complexity index is 1160. The molecule has 5 unspecified atom stereocenters. The van der Waals surface area contributed by atoms with Gasteiger partial charge in [0, 0.05) is 38.0 Å². The van der Waals surface area contributed by atoms with E-state index >= 15 is 0 Å². The maximum atomic E-state index is 13.9. The van der Waals surface area contributed by atoms with Crippen LogP contribution in [0.2, 0.25) is 0 Å². The van der Waals surface area contributed by atoms with Gasteiger partial charge in [0.15, 0.2) is 0 Å². The second-order valence-corrected chi connectivity index (χ2v) is 17.8. The van der Waals surface area contributed by atoms with Crippen molar-refractivity contribution in [2.75, 3.05) is 26.2 Å². The van der Waals surface area contributed by atoms with Crippen LogP contribution in [0.5, 0.6) is 0 Å². The summed E-state index contributed by atoms with van der Waals surface area (Å²) in [5, 5.41) is 29.9. The maximum Gasteiger partial charge on any atom is 0.226 e. The molecule has 0 aromatic heterocycles. The average Bonchev–Trinajstić information content (AvgIpc) is 2.99. The molecule has 15 heteroatoms. The lowest BCUT2D eigenvalue weighted by Gasteiger charge is -2.37. The van der Waals surface area contributed by atoms with Crippen molar-refractivity contribution in [3.63, 3.8) is 0 Å². The van der Waals surface area contributed by atoms with E-state index in [2.05, 4.69) is 10.1 Å². The molecule has 2 amide bonds. The average molecular weight is 696 g/mol. The smallest absolute Gasteiger partial charge is 0.226 e. The topological polar surface area (TPSA) is 199 Å². The predicted octanol–water partition coefficient (Wildman–Crippen LogP) is 1.84. The van der Waals surface area contributed by atoms with Crippen molar-refractivity contribution in [3.05, 3.63) is 0 Å². The van der Waals surface area contributed by atoms with Crippen LogP contribution in [0.15, 0.2) is 0 Å². The molecule has 2 saturated carbocycles. The number of hydrogen-bond donors (Lipinski definition) is 5. The first-order valence-electron chi connectivity index (χ1n) is 17.2. The second-order valence-electron chi connectivity index (χ2n) is 13.7. The van der Waals surface area contributed by atoms with Gasteiger partial charge < -0.3 is 20.4 Å². The minimum Gasteiger partial charge on any atom is -0.393 e. The highest BCUT2D eigenvalue weighted by Crippen LogP contribution is 2.35. The summed E-state index contributed by atoms with van der Waals surface area (Å²) in [6.07, 6.45) is 4.76. The summed E-state index contributed by atoms with van der Waals surface area (Å²) in [5.74, 6) is -1.99. The van der Waals surface area contributed by atoms with E-state index in [1.807, 2.05) is 20.8 Å². The largest absolute Gasteiger partial charge is 0.393 e. The number of aliphatic hydroxyl groups excluding tert-OH is 2. The fourth-order valence-electron chi connectivity index (χ4n) is 6.59. The number of unbranched alkanes of at least 4 members (excludes halogenated alkanes) is 1. The highest BCUT2D eigenvalue weighted by atomic mass is 32.2. The number of primary sulfonamides is 1. The molecule has 2 fully saturated rings. The monoisotopic (exact) mass is 695 g/mol. The van der Waals surface area contributed by atoms with Crippen LogP contribution in [-0.2, 0) is 29.6 Å². The van der Waals surface area contributed by atoms with Gasteiger partial charge in [-0.15, -0.1) is 4.83 Å². The fraction of sp³-hybridized carbons (Fsp3) is 0.935. The Morgan fingerprint density at radius 3 is 2.00 bits per heavy atom. The molecule has 6 N–H and O–H groups in total. The van der Waals surface area contributed by atoms with Crippen molar-refractivity contribution >= 4 is 31.9 Å². The van der Waals surface area contributed by atoms with Crippen molar-refractivity contribution in [1.82, 2.24) is 20.1 Å². The van der Waals surface area contributed by atoms with Crippen molar-refractivity contribution in [1.29, 1.82) is 0 Å². The van der Waals surface area contributed by atoms with E-state index in [0.717, 1.165) is 32.1 Å². The Hall–Kier alpha value is -1.36. The Morgan fingerprint density at radius 2 is 1.48 bits per heavy atom. The Kier molecular flexibility index (Phi) is 16.8. The van der Waals surface area contributed by atoms with Gasteiger partial charge in [0.25, 0.3) is 0 Å². The number of hydrogen-bond acceptors (Lipinski definition) is 9. The minimum absolute atomic E-state index is 0.0226. The highest BCUT2D eigenvalue weighted by Gasteiger charge is 2.42. The van der Waals surface area contributed by atoms with Crippen molar-refractivity contribution in [2.24, 2.45) is 22.9 Å². The summed E-state index contributed by atoms with van der Waals surface area (Å²) in [5.41, 5.74) is 0. The Morgan fingerprint density at radius 1 is 0.891 bits per heavy atom. The lowest BCUT2D eigenvalue weighted by atomic mass is 9.79. The van der Waals surface area contributed by atoms with Crippen molar-refractivity contribution in [2.45, 2.75) is 140 Å². The van der Waals surface area contributed by atoms with E-state index in [1.165, 1.54) is 5.01 Å². The van der Waals surface area contributed by atoms with Gasteiger partial charge in [0.1, 0.15) is 0 Å². The summed E-state index contributed by atoms with van der Waals surface area (Å²) in [7, 11) is -7.70. The SMILES string of the molecule is CCCCN(CC(O)C(CC1CCC(O)CC1)NC(=O)C1CC(C(=O)N(CCC)CCC)CC(S(N)(=O)=O)C1)NS(=O)(=O)C(C)C. The lowest BCUT2D eigenvalue weighted by molar-refractivity contribution is -0.138. The molecule has 46 heavy (non-hydrogen) atoms. The predicted molar refractivity (Wildman–Crippen MR) is 179 cm³/mol. The van der Waals surface area contributed by atoms with Crippen LogP contribution < -0.4 is 15.3 Å². The molecule has 0 aromatic carbocycles. The number of aliphatic hydroxyl groups is 2. The summed E-state index contributed by atoms with van der Waals surface area (Å²) in [4.78, 5) is 31.8. The van der Waals surface area contributed by atoms with Gasteiger partial charge in [0.2, 0.25) is 31.9 Å². The van der Waals surface area contributed by atoms with Crippen LogP contribution in [0, 0.1) is 17.8 Å². The van der Waals surface area contributed by atoms with Gasteiger partial charge in [0.05, 0.1) is 28.7 Å². The quantitative estimate of drug-likeness (QED) is 0.125. The summed E-state index contributed by atoms with van der Waals surface area (Å²) in [6, 6.07) is -0.763. The molecule has 0 aromatic rings. The standard InChI is InChI=1S/C31H61N5O8S2/c1-6-9-16-36(34-46(43,44)22(4)5)21-29(38)28(17-23-10-12-26(37)13-11-23)33-30(39)24-18-25(20-27(19-24)45(32,41)42)31(40)35(14-7-2)15-8-3/h22-29,34,37-38H,6-21H2,1-5H3,(H,33,39)(H2,32,41,42). The second kappa shape index (κ2) is 19.0. The molecule has 2 aliphatic rings. The summed E-state index contributed by atoms with van der Waals surface area (Å²) < 4.78 is 50.5. The van der Waals surface area contributed by atoms with Gasteiger partial charge >= 0.3 is 0 Å². The van der Waals surface area contributed by atoms with Gasteiger partial charge in [-0.1, -0.05) is 27.2 Å². The van der Waals surface area contributed by atoms with Crippen LogP contribution >= 0.6 is 0 Å². The normalized spacial score (nSPS) is 25.7. The Balaban J connectivity index is 2.33. The van der Waals surface area contributed by atoms with Gasteiger partial charge in [-0.05, 0) is 90.4 Å². The third-order valence-corrected chi connectivity index (χ3v) is 12.5. The molecule has 2 aliphatic carbocycles. The molecule has 0 spiro atoms. The number of nitrogens with one attached hydrogen (secondary N) is 2. The zero-order chi connectivity index (χ0) is 34.7. The summed E-state index contributed by atoms with van der Waals surface area (Å²) in [6.45, 7) is 10.4. The molecule has 2 rings (SSSR count). The van der Waals surface area contributed by atoms with Crippen molar-refractivity contribution in [3.8, 4) is 0 Å². The molecular formula is C31H61N5O8S2. The number of nitrogens with zero attached hydrogens (tertiary/aromatic N) is 2. The number of amides is 2. The number of carbonyl (C=O) groups excluding carboxylic acids is 2. The van der Waals surface area contributed by atoms with E-state index in [0.29, 0.717) is 45.3 Å². The van der Waals surface area contributed by atoms with Crippen LogP contribution in [-0.4, -0.2) is 104 Å². The molecule has 0 aliphatic heterocycles. The zero-order valence-corrected chi connectivity index (χ0v) is 30.2. The molecule has 0 radical (unpaired) electrons. The van der Waals surface area contributed by atoms with E-state index in [9.17, 15) is 36.6 Å². The van der Waals surface area contributed by atoms with Crippen LogP contribution in [0.25, 0.3) is 0 Å². The number of nitrogens with two attached hydrogens (primary N) is 1. The first kappa shape index (κ1) is 40.8. The fourth-order valence-corrected chi connectivity index (χ4v) is 8.33. The molecule has 5 atom stereocenters. The van der Waals surface area contributed by atoms with Gasteiger partial charge in [-0.25, -0.2) is 27.0 Å². The Labute approximate surface area is 277 Å². The first-order chi connectivity index (χ1) is 21.5. The summed E-state index contributed by atoms with van der Waals surface area (Å²) >= 11 is 0. The van der Waals surface area contributed by atoms with Gasteiger partial charge in [-0.3, -0.25) is 9.59 Å². The van der Waals surface area contributed by atoms with Crippen LogP contribution in [0.4, 0.5) is 0 Å². The number of hydrazine groups is 1. The lowest BCUT2D eigenvalue weighted by Crippen LogP contribution is -2.55. The molecular weight excluding hydrogens is 635 g/mol. The number of carbonyl (C=O) groups is 2. The van der Waals surface area contributed by atoms with Gasteiger partial charge in [-0.2, -0.15) is 0 Å². The third-order valence-electron chi connectivity index (χ3n) is 9.41. The van der Waals surface area contributed by atoms with E-state index in [-0.39, 0.29) is 43.7 Å². The molecule has 0 saturated heterocycles. The van der Waals surface area contributed by atoms with Crippen LogP contribution in [0.3, 0.4) is 0 Å². The minimum atomic E-state index is -4.03. The zero-order valence-electron chi connectivity index (χ0n) is 28.6. The van der Waals surface area contributed by atoms with E-state index in [1.54, 1.807) is 18.7 Å². The molecule has 0 bridgehead atoms. The number of rotatable bonds is 19. The molecule has 13 nitrogen and oxygen atoms in total. The molecule has 270 valence electrons. The first-order valence-corrected chi connectivity index (χ1v) is 20.4. The third kappa shape index (κ3) is 12.9. The molecule has 0 heterocycles. The van der Waals surface area contributed by atoms with E-state index in [4.69, 9.17) is 5.14 Å². The van der Waals surface area contributed by atoms with Crippen molar-refractivity contribution < 1.29 is 36.6 Å². The maximum absolute atomic E-state index is 13.9. The number of sulfonamides is 2. The van der Waals surface area contributed by atoms with Crippen LogP contribution in [0.1, 0.15) is 112 Å². The van der Waals surface area contributed by atoms with E-state index < -0.39 is 60.4 Å². The highest BCUT2D eigenvalue weighted by molar-refractivity contribution is 7.90.